The van der Waals surface area contributed by atoms with Gasteiger partial charge in [-0.15, -0.1) is 0 Å². The maximum absolute atomic E-state index is 13.2. The summed E-state index contributed by atoms with van der Waals surface area (Å²) >= 11 is 0. The van der Waals surface area contributed by atoms with Gasteiger partial charge in [-0.05, 0) is 73.5 Å². The molecular formula is C35H39F2N5O10. The van der Waals surface area contributed by atoms with Crippen molar-refractivity contribution < 1.29 is 57.0 Å². The molecule has 6 atom stereocenters. The Morgan fingerprint density at radius 1 is 1.00 bits per heavy atom. The molecule has 2 fully saturated rings. The third-order valence-electron chi connectivity index (χ3n) is 8.28. The van der Waals surface area contributed by atoms with Crippen molar-refractivity contribution in [3.63, 3.8) is 0 Å². The Morgan fingerprint density at radius 2 is 1.71 bits per heavy atom. The summed E-state index contributed by atoms with van der Waals surface area (Å²) in [4.78, 5) is 35.5. The van der Waals surface area contributed by atoms with Crippen LogP contribution in [-0.4, -0.2) is 82.1 Å². The van der Waals surface area contributed by atoms with E-state index in [1.807, 2.05) is 6.07 Å². The standard InChI is InChI=1S/C35H39F2N5O10/c1-18(44)47-31-27(17-43)50-33(30(41-42-38)32(31)48-19(2)45)52-29-12-5-20(15-40-29)13-24(22-7-11-28(39-16-22)35(3,4)46)21-6-10-25(51-34(36)37)26(14-21)49-23-8-9-23/h5-7,10-12,14-16,23-24,27,30-34,43,46H,8-9,13,17H2,1-4H3/t24-,27+,30+,31+,32+,33?/m0/s1. The van der Waals surface area contributed by atoms with Crippen molar-refractivity contribution in [2.24, 2.45) is 5.11 Å². The van der Waals surface area contributed by atoms with E-state index in [1.54, 1.807) is 44.3 Å². The summed E-state index contributed by atoms with van der Waals surface area (Å²) in [5, 5.41) is 24.2. The molecule has 3 aromatic rings. The number of aromatic nitrogens is 2. The second kappa shape index (κ2) is 16.5. The van der Waals surface area contributed by atoms with Crippen molar-refractivity contribution in [1.29, 1.82) is 0 Å². The summed E-state index contributed by atoms with van der Waals surface area (Å²) in [5.74, 6) is -1.75. The molecule has 1 saturated heterocycles. The van der Waals surface area contributed by atoms with Crippen LogP contribution in [0.2, 0.25) is 0 Å². The molecule has 1 unspecified atom stereocenters. The summed E-state index contributed by atoms with van der Waals surface area (Å²) in [6.07, 6.45) is -0.213. The predicted molar refractivity (Wildman–Crippen MR) is 176 cm³/mol. The Balaban J connectivity index is 1.43. The highest BCUT2D eigenvalue weighted by molar-refractivity contribution is 5.67. The van der Waals surface area contributed by atoms with E-state index >= 15 is 0 Å². The minimum absolute atomic E-state index is 0.0254. The predicted octanol–water partition coefficient (Wildman–Crippen LogP) is 4.86. The Morgan fingerprint density at radius 3 is 2.27 bits per heavy atom. The van der Waals surface area contributed by atoms with Crippen molar-refractivity contribution in [3.8, 4) is 17.4 Å². The van der Waals surface area contributed by atoms with E-state index in [9.17, 15) is 34.1 Å². The van der Waals surface area contributed by atoms with Crippen LogP contribution in [0.15, 0.2) is 60.0 Å². The van der Waals surface area contributed by atoms with Gasteiger partial charge in [-0.25, -0.2) is 4.98 Å². The van der Waals surface area contributed by atoms with Crippen molar-refractivity contribution in [1.82, 2.24) is 9.97 Å². The molecule has 3 heterocycles. The molecule has 278 valence electrons. The molecular weight excluding hydrogens is 688 g/mol. The van der Waals surface area contributed by atoms with Crippen molar-refractivity contribution in [2.75, 3.05) is 6.61 Å². The zero-order chi connectivity index (χ0) is 37.6. The van der Waals surface area contributed by atoms with E-state index in [2.05, 4.69) is 20.0 Å². The fourth-order valence-corrected chi connectivity index (χ4v) is 5.73. The molecule has 52 heavy (non-hydrogen) atoms. The monoisotopic (exact) mass is 727 g/mol. The lowest BCUT2D eigenvalue weighted by molar-refractivity contribution is -0.251. The second-order valence-electron chi connectivity index (χ2n) is 12.9. The third kappa shape index (κ3) is 9.82. The average molecular weight is 728 g/mol. The van der Waals surface area contributed by atoms with Gasteiger partial charge in [-0.3, -0.25) is 14.6 Å². The van der Waals surface area contributed by atoms with Crippen LogP contribution < -0.4 is 14.2 Å². The largest absolute Gasteiger partial charge is 0.487 e. The van der Waals surface area contributed by atoms with Crippen LogP contribution in [0.3, 0.4) is 0 Å². The van der Waals surface area contributed by atoms with Gasteiger partial charge in [0.05, 0.1) is 18.4 Å². The molecule has 2 aromatic heterocycles. The van der Waals surface area contributed by atoms with E-state index in [4.69, 9.17) is 28.4 Å². The number of ether oxygens (including phenoxy) is 6. The van der Waals surface area contributed by atoms with E-state index < -0.39 is 61.4 Å². The smallest absolute Gasteiger partial charge is 0.387 e. The number of aliphatic hydroxyl groups excluding tert-OH is 1. The first-order valence-corrected chi connectivity index (χ1v) is 16.5. The number of aliphatic hydroxyl groups is 2. The van der Waals surface area contributed by atoms with Gasteiger partial charge < -0.3 is 38.6 Å². The van der Waals surface area contributed by atoms with Gasteiger partial charge in [-0.2, -0.15) is 8.78 Å². The van der Waals surface area contributed by atoms with E-state index in [-0.39, 0.29) is 29.4 Å². The average Bonchev–Trinajstić information content (AvgIpc) is 3.91. The fourth-order valence-electron chi connectivity index (χ4n) is 5.73. The number of halogens is 2. The molecule has 0 spiro atoms. The summed E-state index contributed by atoms with van der Waals surface area (Å²) < 4.78 is 59.4. The molecule has 1 aliphatic heterocycles. The fraction of sp³-hybridized carbons (Fsp3) is 0.486. The maximum atomic E-state index is 13.2. The van der Waals surface area contributed by atoms with Crippen molar-refractivity contribution in [3.05, 3.63) is 87.7 Å². The van der Waals surface area contributed by atoms with Crippen LogP contribution in [0.25, 0.3) is 10.4 Å². The van der Waals surface area contributed by atoms with Crippen LogP contribution in [0, 0.1) is 0 Å². The number of azide groups is 1. The molecule has 1 saturated carbocycles. The number of alkyl halides is 2. The molecule has 1 aromatic carbocycles. The summed E-state index contributed by atoms with van der Waals surface area (Å²) in [6.45, 7) is 1.80. The van der Waals surface area contributed by atoms with Gasteiger partial charge in [0.1, 0.15) is 17.7 Å². The van der Waals surface area contributed by atoms with Crippen LogP contribution in [0.5, 0.6) is 17.4 Å². The summed E-state index contributed by atoms with van der Waals surface area (Å²) in [5.41, 5.74) is 10.8. The van der Waals surface area contributed by atoms with E-state index in [0.717, 1.165) is 43.4 Å². The Kier molecular flexibility index (Phi) is 12.1. The van der Waals surface area contributed by atoms with E-state index in [0.29, 0.717) is 12.1 Å². The number of pyridine rings is 2. The Hall–Kier alpha value is -5.09. The molecule has 0 radical (unpaired) electrons. The lowest BCUT2D eigenvalue weighted by Crippen LogP contribution is -2.61. The lowest BCUT2D eigenvalue weighted by Gasteiger charge is -2.42. The van der Waals surface area contributed by atoms with Gasteiger partial charge in [0.25, 0.3) is 0 Å². The topological polar surface area (TPSA) is 205 Å². The summed E-state index contributed by atoms with van der Waals surface area (Å²) in [7, 11) is 0. The summed E-state index contributed by atoms with van der Waals surface area (Å²) in [6, 6.07) is 10.3. The number of rotatable bonds is 15. The third-order valence-corrected chi connectivity index (χ3v) is 8.28. The number of hydrogen-bond donors (Lipinski definition) is 2. The molecule has 2 N–H and O–H groups in total. The zero-order valence-corrected chi connectivity index (χ0v) is 28.8. The van der Waals surface area contributed by atoms with Crippen LogP contribution >= 0.6 is 0 Å². The number of hydrogen-bond acceptors (Lipinski definition) is 13. The van der Waals surface area contributed by atoms with Crippen LogP contribution in [0.4, 0.5) is 8.78 Å². The molecule has 0 amide bonds. The Labute approximate surface area is 297 Å². The first-order valence-electron chi connectivity index (χ1n) is 16.5. The Bertz CT molecular complexity index is 1750. The van der Waals surface area contributed by atoms with Crippen molar-refractivity contribution in [2.45, 2.75) is 102 Å². The number of carbonyl (C=O) groups excluding carboxylic acids is 2. The van der Waals surface area contributed by atoms with Gasteiger partial charge in [0, 0.05) is 43.1 Å². The van der Waals surface area contributed by atoms with Gasteiger partial charge in [-0.1, -0.05) is 23.3 Å². The van der Waals surface area contributed by atoms with Crippen molar-refractivity contribution >= 4 is 11.9 Å². The first kappa shape index (κ1) is 38.1. The highest BCUT2D eigenvalue weighted by atomic mass is 19.3. The molecule has 1 aliphatic carbocycles. The van der Waals surface area contributed by atoms with Gasteiger partial charge in [0.2, 0.25) is 12.2 Å². The lowest BCUT2D eigenvalue weighted by atomic mass is 9.86. The molecule has 15 nitrogen and oxygen atoms in total. The highest BCUT2D eigenvalue weighted by Gasteiger charge is 2.50. The van der Waals surface area contributed by atoms with Gasteiger partial charge in [0.15, 0.2) is 23.7 Å². The van der Waals surface area contributed by atoms with Crippen LogP contribution in [0.1, 0.15) is 68.8 Å². The quantitative estimate of drug-likeness (QED) is 0.0933. The normalized spacial score (nSPS) is 22.1. The minimum Gasteiger partial charge on any atom is -0.487 e. The molecule has 17 heteroatoms. The molecule has 5 rings (SSSR count). The minimum atomic E-state index is -3.04. The number of nitrogens with zero attached hydrogens (tertiary/aromatic N) is 5. The number of carbonyl (C=O) groups is 2. The SMILES string of the molecule is CC(=O)O[C@H]1[C@H](OC(C)=O)[C@@H](N=[N+]=[N-])C(Oc2ccc(C[C@H](c3ccc(C(C)(C)O)nc3)c3ccc(OC(F)F)c(OC4CC4)c3)cn2)O[C@@H]1CO. The second-order valence-corrected chi connectivity index (χ2v) is 12.9. The van der Waals surface area contributed by atoms with E-state index in [1.165, 1.54) is 18.3 Å². The number of benzene rings is 1. The molecule has 2 aliphatic rings. The van der Waals surface area contributed by atoms with Gasteiger partial charge >= 0.3 is 18.6 Å². The number of esters is 2. The van der Waals surface area contributed by atoms with Crippen LogP contribution in [-0.2, 0) is 35.8 Å². The maximum Gasteiger partial charge on any atom is 0.387 e. The first-order chi connectivity index (χ1) is 24.7. The zero-order valence-electron chi connectivity index (χ0n) is 28.8. The molecule has 0 bridgehead atoms. The highest BCUT2D eigenvalue weighted by Crippen LogP contribution is 2.39.